The second-order valence-corrected chi connectivity index (χ2v) is 5.08. The number of fused-ring (bicyclic) bond motifs is 1. The molecule has 3 nitrogen and oxygen atoms in total. The molecule has 3 rings (SSSR count). The predicted molar refractivity (Wildman–Crippen MR) is 70.9 cm³/mol. The highest BCUT2D eigenvalue weighted by atomic mass is 35.5. The summed E-state index contributed by atoms with van der Waals surface area (Å²) < 4.78 is 2.02. The van der Waals surface area contributed by atoms with Crippen molar-refractivity contribution in [1.29, 1.82) is 0 Å². The minimum absolute atomic E-state index is 0.00282. The molecule has 1 aliphatic heterocycles. The second-order valence-electron chi connectivity index (χ2n) is 4.64. The van der Waals surface area contributed by atoms with Gasteiger partial charge in [0.1, 0.15) is 0 Å². The molecule has 0 aliphatic carbocycles. The summed E-state index contributed by atoms with van der Waals surface area (Å²) in [7, 11) is 1.97. The molecule has 4 heteroatoms. The van der Waals surface area contributed by atoms with Crippen LogP contribution in [0.1, 0.15) is 33.2 Å². The Hall–Kier alpha value is -1.74. The highest BCUT2D eigenvalue weighted by Crippen LogP contribution is 2.33. The zero-order valence-corrected chi connectivity index (χ0v) is 11.0. The van der Waals surface area contributed by atoms with Crippen molar-refractivity contribution in [1.82, 2.24) is 9.88 Å². The molecule has 2 heterocycles. The maximum atomic E-state index is 12.0. The molecule has 1 aromatic heterocycles. The fourth-order valence-corrected chi connectivity index (χ4v) is 2.74. The fourth-order valence-electron chi connectivity index (χ4n) is 2.61. The summed E-state index contributed by atoms with van der Waals surface area (Å²) in [5.41, 5.74) is 3.89. The molecule has 0 fully saturated rings. The summed E-state index contributed by atoms with van der Waals surface area (Å²) in [5, 5.41) is 3.71. The Bertz CT molecular complexity index is 628. The Morgan fingerprint density at radius 2 is 1.94 bits per heavy atom. The molecule has 1 aromatic carbocycles. The van der Waals surface area contributed by atoms with E-state index in [1.807, 2.05) is 49.0 Å². The zero-order chi connectivity index (χ0) is 12.9. The number of amides is 1. The molecule has 0 bridgehead atoms. The Labute approximate surface area is 110 Å². The normalized spacial score (nSPS) is 17.7. The number of carbonyl (C=O) groups is 1. The Morgan fingerprint density at radius 1 is 1.28 bits per heavy atom. The Kier molecular flexibility index (Phi) is 2.45. The van der Waals surface area contributed by atoms with Gasteiger partial charge in [0.15, 0.2) is 0 Å². The second kappa shape index (κ2) is 3.89. The molecule has 1 N–H and O–H groups in total. The summed E-state index contributed by atoms with van der Waals surface area (Å²) >= 11 is 5.89. The first-order valence-corrected chi connectivity index (χ1v) is 6.18. The van der Waals surface area contributed by atoms with Gasteiger partial charge >= 0.3 is 0 Å². The molecule has 0 radical (unpaired) electrons. The summed E-state index contributed by atoms with van der Waals surface area (Å²) in [5.74, 6) is 0.00282. The van der Waals surface area contributed by atoms with Crippen LogP contribution in [0.15, 0.2) is 30.5 Å². The van der Waals surface area contributed by atoms with E-state index in [1.54, 1.807) is 0 Å². The van der Waals surface area contributed by atoms with Gasteiger partial charge < -0.3 is 9.88 Å². The van der Waals surface area contributed by atoms with E-state index in [0.29, 0.717) is 5.02 Å². The number of halogens is 1. The maximum absolute atomic E-state index is 12.0. The van der Waals surface area contributed by atoms with Gasteiger partial charge in [0.05, 0.1) is 17.3 Å². The monoisotopic (exact) mass is 260 g/mol. The third kappa shape index (κ3) is 1.55. The zero-order valence-electron chi connectivity index (χ0n) is 10.2. The van der Waals surface area contributed by atoms with Gasteiger partial charge in [-0.3, -0.25) is 4.79 Å². The SMILES string of the molecule is Cc1cn(C)c2c1C(=O)N[C@@H]2c1ccc(Cl)cc1. The van der Waals surface area contributed by atoms with Crippen molar-refractivity contribution in [2.75, 3.05) is 0 Å². The number of rotatable bonds is 1. The van der Waals surface area contributed by atoms with Gasteiger partial charge in [-0.05, 0) is 30.2 Å². The van der Waals surface area contributed by atoms with E-state index in [-0.39, 0.29) is 11.9 Å². The summed E-state index contributed by atoms with van der Waals surface area (Å²) in [6.45, 7) is 1.96. The molecule has 92 valence electrons. The van der Waals surface area contributed by atoms with E-state index in [1.165, 1.54) is 0 Å². The third-order valence-electron chi connectivity index (χ3n) is 3.40. The van der Waals surface area contributed by atoms with Crippen LogP contribution in [-0.4, -0.2) is 10.5 Å². The summed E-state index contributed by atoms with van der Waals surface area (Å²) in [6, 6.07) is 7.51. The van der Waals surface area contributed by atoms with Gasteiger partial charge in [-0.1, -0.05) is 23.7 Å². The van der Waals surface area contributed by atoms with Crippen LogP contribution in [0.2, 0.25) is 5.02 Å². The van der Waals surface area contributed by atoms with Gasteiger partial charge in [-0.15, -0.1) is 0 Å². The smallest absolute Gasteiger partial charge is 0.254 e. The van der Waals surface area contributed by atoms with E-state index in [9.17, 15) is 4.79 Å². The highest BCUT2D eigenvalue weighted by molar-refractivity contribution is 6.30. The predicted octanol–water partition coefficient (Wildman–Crippen LogP) is 2.82. The van der Waals surface area contributed by atoms with Crippen LogP contribution in [0.4, 0.5) is 0 Å². The number of nitrogens with zero attached hydrogens (tertiary/aromatic N) is 1. The number of hydrogen-bond donors (Lipinski definition) is 1. The average Bonchev–Trinajstić information content (AvgIpc) is 2.81. The molecule has 2 aromatic rings. The van der Waals surface area contributed by atoms with E-state index in [2.05, 4.69) is 5.32 Å². The molecular weight excluding hydrogens is 248 g/mol. The molecule has 1 aliphatic rings. The quantitative estimate of drug-likeness (QED) is 0.841. The standard InChI is InChI=1S/C14H13ClN2O/c1-8-7-17(2)13-11(8)14(18)16-12(13)9-3-5-10(15)6-4-9/h3-7,12H,1-2H3,(H,16,18)/t12-/m1/s1. The van der Waals surface area contributed by atoms with Crippen molar-refractivity contribution in [2.24, 2.45) is 7.05 Å². The molecular formula is C14H13ClN2O. The van der Waals surface area contributed by atoms with Crippen molar-refractivity contribution < 1.29 is 4.79 Å². The lowest BCUT2D eigenvalue weighted by Gasteiger charge is -2.13. The van der Waals surface area contributed by atoms with Crippen molar-refractivity contribution in [2.45, 2.75) is 13.0 Å². The number of nitrogens with one attached hydrogen (secondary N) is 1. The lowest BCUT2D eigenvalue weighted by molar-refractivity contribution is 0.0960. The van der Waals surface area contributed by atoms with E-state index in [0.717, 1.165) is 22.4 Å². The van der Waals surface area contributed by atoms with Crippen molar-refractivity contribution >= 4 is 17.5 Å². The van der Waals surface area contributed by atoms with Crippen molar-refractivity contribution in [3.05, 3.63) is 57.9 Å². The molecule has 0 spiro atoms. The fraction of sp³-hybridized carbons (Fsp3) is 0.214. The van der Waals surface area contributed by atoms with E-state index in [4.69, 9.17) is 11.6 Å². The maximum Gasteiger partial charge on any atom is 0.254 e. The summed E-state index contributed by atoms with van der Waals surface area (Å²) in [6.07, 6.45) is 1.99. The van der Waals surface area contributed by atoms with Crippen LogP contribution < -0.4 is 5.32 Å². The van der Waals surface area contributed by atoms with Gasteiger partial charge in [-0.2, -0.15) is 0 Å². The summed E-state index contributed by atoms with van der Waals surface area (Å²) in [4.78, 5) is 12.0. The molecule has 0 unspecified atom stereocenters. The van der Waals surface area contributed by atoms with E-state index >= 15 is 0 Å². The van der Waals surface area contributed by atoms with Crippen LogP contribution in [-0.2, 0) is 7.05 Å². The number of aryl methyl sites for hydroxylation is 2. The molecule has 1 amide bonds. The lowest BCUT2D eigenvalue weighted by Crippen LogP contribution is -2.21. The molecule has 0 saturated heterocycles. The molecule has 18 heavy (non-hydrogen) atoms. The first-order valence-electron chi connectivity index (χ1n) is 5.80. The topological polar surface area (TPSA) is 34.0 Å². The Balaban J connectivity index is 2.12. The number of aromatic nitrogens is 1. The minimum atomic E-state index is -0.0801. The first-order chi connectivity index (χ1) is 8.58. The number of carbonyl (C=O) groups excluding carboxylic acids is 1. The number of hydrogen-bond acceptors (Lipinski definition) is 1. The van der Waals surface area contributed by atoms with Crippen molar-refractivity contribution in [3.63, 3.8) is 0 Å². The van der Waals surface area contributed by atoms with Gasteiger partial charge in [0.25, 0.3) is 5.91 Å². The first kappa shape index (κ1) is 11.4. The van der Waals surface area contributed by atoms with E-state index < -0.39 is 0 Å². The molecule has 1 atom stereocenters. The van der Waals surface area contributed by atoms with Crippen molar-refractivity contribution in [3.8, 4) is 0 Å². The van der Waals surface area contributed by atoms with Gasteiger partial charge in [0, 0.05) is 18.3 Å². The van der Waals surface area contributed by atoms with Crippen LogP contribution >= 0.6 is 11.6 Å². The lowest BCUT2D eigenvalue weighted by atomic mass is 10.0. The third-order valence-corrected chi connectivity index (χ3v) is 3.65. The van der Waals surface area contributed by atoms with Crippen LogP contribution in [0.3, 0.4) is 0 Å². The minimum Gasteiger partial charge on any atom is -0.351 e. The Morgan fingerprint density at radius 3 is 2.61 bits per heavy atom. The van der Waals surface area contributed by atoms with Crippen LogP contribution in [0, 0.1) is 6.92 Å². The van der Waals surface area contributed by atoms with Gasteiger partial charge in [-0.25, -0.2) is 0 Å². The highest BCUT2D eigenvalue weighted by Gasteiger charge is 2.33. The molecule has 0 saturated carbocycles. The number of benzene rings is 1. The van der Waals surface area contributed by atoms with Crippen LogP contribution in [0.25, 0.3) is 0 Å². The van der Waals surface area contributed by atoms with Crippen LogP contribution in [0.5, 0.6) is 0 Å². The average molecular weight is 261 g/mol. The van der Waals surface area contributed by atoms with Gasteiger partial charge in [0.2, 0.25) is 0 Å². The largest absolute Gasteiger partial charge is 0.351 e.